The van der Waals surface area contributed by atoms with Gasteiger partial charge in [0.25, 0.3) is 0 Å². The number of hydrogen-bond donors (Lipinski definition) is 1. The van der Waals surface area contributed by atoms with E-state index in [2.05, 4.69) is 44.1 Å². The first-order chi connectivity index (χ1) is 6.90. The Morgan fingerprint density at radius 2 is 2.07 bits per heavy atom. The average Bonchev–Trinajstić information content (AvgIpc) is 2.83. The third kappa shape index (κ3) is 5.76. The van der Waals surface area contributed by atoms with Crippen LogP contribution < -0.4 is 5.32 Å². The quantitative estimate of drug-likeness (QED) is 0.747. The largest absolute Gasteiger partial charge is 0.303 e. The molecule has 1 atom stereocenters. The summed E-state index contributed by atoms with van der Waals surface area (Å²) in [5.74, 6) is 0. The molecule has 3 nitrogen and oxygen atoms in total. The second-order valence-electron chi connectivity index (χ2n) is 5.88. The van der Waals surface area contributed by atoms with Crippen molar-refractivity contribution in [3.05, 3.63) is 0 Å². The van der Waals surface area contributed by atoms with Crippen LogP contribution in [0.1, 0.15) is 33.6 Å². The third-order valence-corrected chi connectivity index (χ3v) is 2.41. The molecule has 1 saturated carbocycles. The van der Waals surface area contributed by atoms with Crippen LogP contribution in [-0.2, 0) is 0 Å². The van der Waals surface area contributed by atoms with Crippen molar-refractivity contribution in [2.45, 2.75) is 45.7 Å². The van der Waals surface area contributed by atoms with Crippen molar-refractivity contribution in [1.29, 1.82) is 5.26 Å². The van der Waals surface area contributed by atoms with Gasteiger partial charge < -0.3 is 4.90 Å². The van der Waals surface area contributed by atoms with E-state index in [1.165, 1.54) is 12.8 Å². The zero-order valence-corrected chi connectivity index (χ0v) is 10.4. The summed E-state index contributed by atoms with van der Waals surface area (Å²) in [4.78, 5) is 2.24. The Bertz CT molecular complexity index is 232. The molecule has 0 bridgehead atoms. The lowest BCUT2D eigenvalue weighted by Crippen LogP contribution is -2.42. The van der Waals surface area contributed by atoms with Crippen molar-refractivity contribution in [2.24, 2.45) is 5.41 Å². The number of rotatable bonds is 5. The van der Waals surface area contributed by atoms with Gasteiger partial charge in [-0.15, -0.1) is 0 Å². The summed E-state index contributed by atoms with van der Waals surface area (Å²) in [6.45, 7) is 8.51. The lowest BCUT2D eigenvalue weighted by Gasteiger charge is -2.28. The molecule has 1 aliphatic carbocycles. The second kappa shape index (κ2) is 4.96. The molecule has 0 spiro atoms. The summed E-state index contributed by atoms with van der Waals surface area (Å²) in [6.07, 6.45) is 2.47. The Morgan fingerprint density at radius 1 is 1.47 bits per heavy atom. The molecule has 0 heterocycles. The fraction of sp³-hybridized carbons (Fsp3) is 0.917. The van der Waals surface area contributed by atoms with Crippen molar-refractivity contribution in [3.8, 4) is 6.07 Å². The minimum absolute atomic E-state index is 0.00940. The molecule has 0 aromatic heterocycles. The predicted octanol–water partition coefficient (Wildman–Crippen LogP) is 1.61. The van der Waals surface area contributed by atoms with Crippen LogP contribution in [0.25, 0.3) is 0 Å². The summed E-state index contributed by atoms with van der Waals surface area (Å²) in [5.41, 5.74) is 0.300. The van der Waals surface area contributed by atoms with Crippen LogP contribution >= 0.6 is 0 Å². The first kappa shape index (κ1) is 12.5. The van der Waals surface area contributed by atoms with Gasteiger partial charge in [-0.1, -0.05) is 20.8 Å². The summed E-state index contributed by atoms with van der Waals surface area (Å²) in [5, 5.41) is 12.4. The van der Waals surface area contributed by atoms with E-state index in [1.54, 1.807) is 0 Å². The van der Waals surface area contributed by atoms with Crippen LogP contribution in [0.3, 0.4) is 0 Å². The van der Waals surface area contributed by atoms with Crippen molar-refractivity contribution >= 4 is 0 Å². The van der Waals surface area contributed by atoms with Gasteiger partial charge in [0.05, 0.1) is 6.07 Å². The number of hydrogen-bond acceptors (Lipinski definition) is 3. The molecule has 0 radical (unpaired) electrons. The van der Waals surface area contributed by atoms with Gasteiger partial charge >= 0.3 is 0 Å². The monoisotopic (exact) mass is 209 g/mol. The molecule has 15 heavy (non-hydrogen) atoms. The molecule has 1 N–H and O–H groups in total. The van der Waals surface area contributed by atoms with E-state index >= 15 is 0 Å². The Balaban J connectivity index is 2.27. The maximum Gasteiger partial charge on any atom is 0.108 e. The standard InChI is InChI=1S/C12H23N3/c1-12(2,3)9-15(4)8-11(7-13)14-10-5-6-10/h10-11,14H,5-6,8-9H2,1-4H3. The van der Waals surface area contributed by atoms with Gasteiger partial charge in [-0.05, 0) is 25.3 Å². The molecular formula is C12H23N3. The summed E-state index contributed by atoms with van der Waals surface area (Å²) in [7, 11) is 2.09. The van der Waals surface area contributed by atoms with Crippen LogP contribution in [0.15, 0.2) is 0 Å². The van der Waals surface area contributed by atoms with E-state index in [0.29, 0.717) is 11.5 Å². The van der Waals surface area contributed by atoms with Crippen LogP contribution in [0.4, 0.5) is 0 Å². The molecule has 0 aliphatic heterocycles. The van der Waals surface area contributed by atoms with Gasteiger partial charge in [0.2, 0.25) is 0 Å². The van der Waals surface area contributed by atoms with Gasteiger partial charge in [0.1, 0.15) is 6.04 Å². The molecule has 1 unspecified atom stereocenters. The van der Waals surface area contributed by atoms with Gasteiger partial charge in [-0.25, -0.2) is 0 Å². The lowest BCUT2D eigenvalue weighted by molar-refractivity contribution is 0.217. The SMILES string of the molecule is CN(CC(C#N)NC1CC1)CC(C)(C)C. The van der Waals surface area contributed by atoms with Crippen molar-refractivity contribution in [3.63, 3.8) is 0 Å². The highest BCUT2D eigenvalue weighted by Crippen LogP contribution is 2.20. The fourth-order valence-electron chi connectivity index (χ4n) is 1.85. The Kier molecular flexibility index (Phi) is 4.12. The average molecular weight is 209 g/mol. The molecule has 86 valence electrons. The summed E-state index contributed by atoms with van der Waals surface area (Å²) in [6, 6.07) is 2.94. The van der Waals surface area contributed by atoms with E-state index < -0.39 is 0 Å². The first-order valence-electron chi connectivity index (χ1n) is 5.75. The van der Waals surface area contributed by atoms with Crippen molar-refractivity contribution in [1.82, 2.24) is 10.2 Å². The Morgan fingerprint density at radius 3 is 2.47 bits per heavy atom. The van der Waals surface area contributed by atoms with Crippen LogP contribution in [0.5, 0.6) is 0 Å². The van der Waals surface area contributed by atoms with Crippen LogP contribution in [0.2, 0.25) is 0 Å². The highest BCUT2D eigenvalue weighted by atomic mass is 15.1. The van der Waals surface area contributed by atoms with E-state index in [4.69, 9.17) is 5.26 Å². The van der Waals surface area contributed by atoms with E-state index in [9.17, 15) is 0 Å². The van der Waals surface area contributed by atoms with E-state index in [-0.39, 0.29) is 6.04 Å². The molecule has 1 fully saturated rings. The van der Waals surface area contributed by atoms with Gasteiger partial charge in [0, 0.05) is 19.1 Å². The Labute approximate surface area is 93.5 Å². The topological polar surface area (TPSA) is 39.1 Å². The number of nitrogens with one attached hydrogen (secondary N) is 1. The maximum absolute atomic E-state index is 9.01. The fourth-order valence-corrected chi connectivity index (χ4v) is 1.85. The molecule has 1 rings (SSSR count). The summed E-state index contributed by atoms with van der Waals surface area (Å²) < 4.78 is 0. The third-order valence-electron chi connectivity index (χ3n) is 2.41. The van der Waals surface area contributed by atoms with Crippen molar-refractivity contribution < 1.29 is 0 Å². The molecular weight excluding hydrogens is 186 g/mol. The summed E-state index contributed by atoms with van der Waals surface area (Å²) >= 11 is 0. The van der Waals surface area contributed by atoms with E-state index in [1.807, 2.05) is 0 Å². The van der Waals surface area contributed by atoms with Gasteiger partial charge in [-0.3, -0.25) is 5.32 Å². The molecule has 0 amide bonds. The Hall–Kier alpha value is -0.590. The molecule has 0 saturated heterocycles. The van der Waals surface area contributed by atoms with Gasteiger partial charge in [-0.2, -0.15) is 5.26 Å². The van der Waals surface area contributed by atoms with Crippen LogP contribution in [0, 0.1) is 16.7 Å². The zero-order chi connectivity index (χ0) is 11.5. The highest BCUT2D eigenvalue weighted by molar-refractivity contribution is 4.97. The van der Waals surface area contributed by atoms with Gasteiger partial charge in [0.15, 0.2) is 0 Å². The smallest absolute Gasteiger partial charge is 0.108 e. The minimum Gasteiger partial charge on any atom is -0.303 e. The number of likely N-dealkylation sites (N-methyl/N-ethyl adjacent to an activating group) is 1. The highest BCUT2D eigenvalue weighted by Gasteiger charge is 2.25. The molecule has 1 aliphatic rings. The number of nitrogens with zero attached hydrogens (tertiary/aromatic N) is 2. The van der Waals surface area contributed by atoms with Crippen LogP contribution in [-0.4, -0.2) is 37.1 Å². The zero-order valence-electron chi connectivity index (χ0n) is 10.4. The maximum atomic E-state index is 9.01. The molecule has 0 aromatic rings. The van der Waals surface area contributed by atoms with Crippen molar-refractivity contribution in [2.75, 3.05) is 20.1 Å². The van der Waals surface area contributed by atoms with E-state index in [0.717, 1.165) is 13.1 Å². The molecule has 0 aromatic carbocycles. The normalized spacial score (nSPS) is 18.9. The minimum atomic E-state index is -0.00940. The first-order valence-corrected chi connectivity index (χ1v) is 5.75. The number of nitriles is 1. The lowest BCUT2D eigenvalue weighted by atomic mass is 9.96. The predicted molar refractivity (Wildman–Crippen MR) is 62.5 cm³/mol. The second-order valence-corrected chi connectivity index (χ2v) is 5.88. The molecule has 3 heteroatoms.